The van der Waals surface area contributed by atoms with E-state index >= 15 is 0 Å². The van der Waals surface area contributed by atoms with Crippen molar-refractivity contribution in [3.8, 4) is 0 Å². The molecule has 10 heavy (non-hydrogen) atoms. The van der Waals surface area contributed by atoms with Crippen molar-refractivity contribution in [2.45, 2.75) is 18.6 Å². The van der Waals surface area contributed by atoms with Gasteiger partial charge >= 0.3 is 0 Å². The van der Waals surface area contributed by atoms with Crippen LogP contribution in [0.4, 0.5) is 0 Å². The smallest absolute Gasteiger partial charge is 0.0720 e. The van der Waals surface area contributed by atoms with Crippen molar-refractivity contribution in [3.63, 3.8) is 0 Å². The van der Waals surface area contributed by atoms with E-state index in [0.29, 0.717) is 0 Å². The molecule has 2 N–H and O–H groups in total. The Balaban J connectivity index is 2.11. The van der Waals surface area contributed by atoms with E-state index in [2.05, 4.69) is 4.90 Å². The fourth-order valence-electron chi connectivity index (χ4n) is 2.03. The number of hydrogen-bond acceptors (Lipinski definition) is 3. The fraction of sp³-hybridized carbons (Fsp3) is 1.00. The number of hydrogen-bond donors (Lipinski definition) is 2. The Morgan fingerprint density at radius 1 is 1.10 bits per heavy atom. The Morgan fingerprint density at radius 3 is 2.00 bits per heavy atom. The zero-order valence-electron chi connectivity index (χ0n) is 5.90. The second kappa shape index (κ2) is 2.19. The topological polar surface area (TPSA) is 43.7 Å². The highest BCUT2D eigenvalue weighted by Gasteiger charge is 2.38. The molecule has 3 saturated heterocycles. The Labute approximate surface area is 60.3 Å². The van der Waals surface area contributed by atoms with Gasteiger partial charge in [-0.15, -0.1) is 0 Å². The monoisotopic (exact) mass is 143 g/mol. The molecule has 0 saturated carbocycles. The van der Waals surface area contributed by atoms with Gasteiger partial charge in [0, 0.05) is 19.0 Å². The van der Waals surface area contributed by atoms with Crippen LogP contribution >= 0.6 is 0 Å². The van der Waals surface area contributed by atoms with Gasteiger partial charge in [0.25, 0.3) is 0 Å². The van der Waals surface area contributed by atoms with Gasteiger partial charge in [0.15, 0.2) is 0 Å². The maximum Gasteiger partial charge on any atom is 0.0720 e. The van der Waals surface area contributed by atoms with Crippen molar-refractivity contribution >= 4 is 0 Å². The summed E-state index contributed by atoms with van der Waals surface area (Å²) in [6.45, 7) is 2.59. The highest BCUT2D eigenvalue weighted by Crippen LogP contribution is 2.27. The van der Waals surface area contributed by atoms with Crippen LogP contribution in [-0.2, 0) is 0 Å². The van der Waals surface area contributed by atoms with Crippen LogP contribution in [0.3, 0.4) is 0 Å². The maximum atomic E-state index is 9.37. The third-order valence-electron chi connectivity index (χ3n) is 2.66. The zero-order valence-corrected chi connectivity index (χ0v) is 5.90. The van der Waals surface area contributed by atoms with Crippen LogP contribution in [0.1, 0.15) is 6.42 Å². The molecule has 2 atom stereocenters. The highest BCUT2D eigenvalue weighted by atomic mass is 16.3. The molecule has 3 nitrogen and oxygen atoms in total. The van der Waals surface area contributed by atoms with E-state index in [9.17, 15) is 10.2 Å². The standard InChI is InChI=1S/C7H13NO2/c9-6-3-8-2-1-5(6)7(10)4-8/h5-7,9-10H,1-4H2/t6-,7-/m1/s1. The Bertz CT molecular complexity index is 128. The second-order valence-corrected chi connectivity index (χ2v) is 3.35. The van der Waals surface area contributed by atoms with E-state index in [1.165, 1.54) is 0 Å². The predicted molar refractivity (Wildman–Crippen MR) is 36.6 cm³/mol. The molecule has 3 aliphatic rings. The maximum absolute atomic E-state index is 9.37. The average molecular weight is 143 g/mol. The number of rotatable bonds is 0. The number of piperidine rings is 3. The van der Waals surface area contributed by atoms with Gasteiger partial charge in [0.1, 0.15) is 0 Å². The fourth-order valence-corrected chi connectivity index (χ4v) is 2.03. The molecule has 3 heterocycles. The van der Waals surface area contributed by atoms with Gasteiger partial charge in [-0.3, -0.25) is 4.90 Å². The van der Waals surface area contributed by atoms with Crippen LogP contribution in [0, 0.1) is 5.92 Å². The first-order valence-corrected chi connectivity index (χ1v) is 3.86. The number of aliphatic hydroxyl groups excluding tert-OH is 2. The summed E-state index contributed by atoms with van der Waals surface area (Å²) in [6, 6.07) is 0. The summed E-state index contributed by atoms with van der Waals surface area (Å²) in [5.74, 6) is 0.157. The molecule has 0 amide bonds. The second-order valence-electron chi connectivity index (χ2n) is 3.35. The zero-order chi connectivity index (χ0) is 7.14. The third-order valence-corrected chi connectivity index (χ3v) is 2.66. The number of nitrogens with zero attached hydrogens (tertiary/aromatic N) is 1. The van der Waals surface area contributed by atoms with Gasteiger partial charge in [-0.05, 0) is 13.0 Å². The Hall–Kier alpha value is -0.120. The number of fused-ring (bicyclic) bond motifs is 3. The summed E-state index contributed by atoms with van der Waals surface area (Å²) >= 11 is 0. The van der Waals surface area contributed by atoms with E-state index in [4.69, 9.17) is 0 Å². The van der Waals surface area contributed by atoms with Crippen molar-refractivity contribution in [2.24, 2.45) is 5.92 Å². The van der Waals surface area contributed by atoms with E-state index in [1.807, 2.05) is 0 Å². The molecule has 0 spiro atoms. The molecule has 3 fully saturated rings. The van der Waals surface area contributed by atoms with Crippen molar-refractivity contribution < 1.29 is 10.2 Å². The SMILES string of the molecule is O[C@@H]1CN2CCC1[C@H](O)C2. The summed E-state index contributed by atoms with van der Waals surface area (Å²) in [7, 11) is 0. The lowest BCUT2D eigenvalue weighted by atomic mass is 9.84. The summed E-state index contributed by atoms with van der Waals surface area (Å²) in [6.07, 6.45) is 0.400. The van der Waals surface area contributed by atoms with E-state index in [1.54, 1.807) is 0 Å². The first kappa shape index (κ1) is 6.58. The quantitative estimate of drug-likeness (QED) is 0.459. The Kier molecular flexibility index (Phi) is 1.44. The summed E-state index contributed by atoms with van der Waals surface area (Å²) < 4.78 is 0. The van der Waals surface area contributed by atoms with Gasteiger partial charge in [0.05, 0.1) is 12.2 Å². The predicted octanol–water partition coefficient (Wildman–Crippen LogP) is -0.956. The van der Waals surface area contributed by atoms with E-state index in [0.717, 1.165) is 26.1 Å². The Morgan fingerprint density at radius 2 is 1.70 bits per heavy atom. The van der Waals surface area contributed by atoms with Gasteiger partial charge in [-0.25, -0.2) is 0 Å². The van der Waals surface area contributed by atoms with Gasteiger partial charge < -0.3 is 10.2 Å². The van der Waals surface area contributed by atoms with Crippen molar-refractivity contribution in [3.05, 3.63) is 0 Å². The molecular formula is C7H13NO2. The molecule has 58 valence electrons. The molecule has 3 rings (SSSR count). The molecule has 3 aliphatic heterocycles. The lowest BCUT2D eigenvalue weighted by Crippen LogP contribution is -2.57. The van der Waals surface area contributed by atoms with Crippen LogP contribution in [0.15, 0.2) is 0 Å². The molecule has 0 radical (unpaired) electrons. The normalized spacial score (nSPS) is 53.4. The molecule has 0 aliphatic carbocycles. The van der Waals surface area contributed by atoms with Crippen LogP contribution in [0.5, 0.6) is 0 Å². The highest BCUT2D eigenvalue weighted by molar-refractivity contribution is 4.91. The van der Waals surface area contributed by atoms with Crippen LogP contribution < -0.4 is 0 Å². The van der Waals surface area contributed by atoms with Crippen molar-refractivity contribution in [2.75, 3.05) is 19.6 Å². The lowest BCUT2D eigenvalue weighted by Gasteiger charge is -2.45. The summed E-state index contributed by atoms with van der Waals surface area (Å²) in [4.78, 5) is 2.12. The third kappa shape index (κ3) is 0.856. The molecule has 0 aromatic rings. The molecule has 0 unspecified atom stereocenters. The van der Waals surface area contributed by atoms with Gasteiger partial charge in [-0.2, -0.15) is 0 Å². The molecule has 2 bridgehead atoms. The molecule has 3 heteroatoms. The van der Waals surface area contributed by atoms with Crippen LogP contribution in [0.25, 0.3) is 0 Å². The summed E-state index contributed by atoms with van der Waals surface area (Å²) in [5.41, 5.74) is 0. The minimum Gasteiger partial charge on any atom is -0.391 e. The van der Waals surface area contributed by atoms with E-state index < -0.39 is 0 Å². The largest absolute Gasteiger partial charge is 0.391 e. The van der Waals surface area contributed by atoms with Gasteiger partial charge in [-0.1, -0.05) is 0 Å². The van der Waals surface area contributed by atoms with E-state index in [-0.39, 0.29) is 18.1 Å². The van der Waals surface area contributed by atoms with Crippen molar-refractivity contribution in [1.29, 1.82) is 0 Å². The molecule has 0 aromatic heterocycles. The number of aliphatic hydroxyl groups is 2. The van der Waals surface area contributed by atoms with Crippen molar-refractivity contribution in [1.82, 2.24) is 4.90 Å². The van der Waals surface area contributed by atoms with Gasteiger partial charge in [0.2, 0.25) is 0 Å². The van der Waals surface area contributed by atoms with Crippen LogP contribution in [-0.4, -0.2) is 47.0 Å². The summed E-state index contributed by atoms with van der Waals surface area (Å²) in [5, 5.41) is 18.7. The average Bonchev–Trinajstić information content (AvgIpc) is 1.86. The van der Waals surface area contributed by atoms with Crippen LogP contribution in [0.2, 0.25) is 0 Å². The lowest BCUT2D eigenvalue weighted by molar-refractivity contribution is -0.0984. The first-order valence-electron chi connectivity index (χ1n) is 3.86. The minimum absolute atomic E-state index is 0.157. The molecule has 0 aromatic carbocycles. The first-order chi connectivity index (χ1) is 4.77. The minimum atomic E-state index is -0.280. The molecular weight excluding hydrogens is 130 g/mol.